The zero-order valence-corrected chi connectivity index (χ0v) is 26.7. The maximum atomic E-state index is 13.9. The van der Waals surface area contributed by atoms with Crippen LogP contribution >= 0.6 is 11.3 Å². The average Bonchev–Trinajstić information content (AvgIpc) is 3.45. The number of rotatable bonds is 15. The molecule has 0 atom stereocenters. The number of ether oxygens (including phenoxy) is 2. The Bertz CT molecular complexity index is 1630. The Hall–Kier alpha value is -3.80. The normalized spacial score (nSPS) is 11.8. The molecule has 11 heteroatoms. The molecule has 43 heavy (non-hydrogen) atoms. The van der Waals surface area contributed by atoms with Crippen molar-refractivity contribution in [3.05, 3.63) is 77.9 Å². The number of carbonyl (C=O) groups excluding carboxylic acids is 1. The highest BCUT2D eigenvalue weighted by Gasteiger charge is 2.26. The van der Waals surface area contributed by atoms with E-state index in [0.717, 1.165) is 41.7 Å². The Kier molecular flexibility index (Phi) is 11.3. The van der Waals surface area contributed by atoms with Gasteiger partial charge in [-0.15, -0.1) is 0 Å². The highest BCUT2D eigenvalue weighted by molar-refractivity contribution is 7.89. The molecule has 0 N–H and O–H groups in total. The lowest BCUT2D eigenvalue weighted by Gasteiger charge is -2.22. The lowest BCUT2D eigenvalue weighted by molar-refractivity contribution is 0.0987. The van der Waals surface area contributed by atoms with Gasteiger partial charge in [-0.05, 0) is 92.1 Å². The predicted molar refractivity (Wildman–Crippen MR) is 173 cm³/mol. The molecule has 0 fully saturated rings. The number of carbonyl (C=O) groups is 1. The first kappa shape index (κ1) is 32.1. The lowest BCUT2D eigenvalue weighted by Crippen LogP contribution is -2.33. The molecule has 0 aliphatic rings. The molecule has 0 spiro atoms. The van der Waals surface area contributed by atoms with Crippen molar-refractivity contribution in [1.29, 1.82) is 0 Å². The van der Waals surface area contributed by atoms with Crippen LogP contribution in [0.4, 0.5) is 5.13 Å². The monoisotopic (exact) mass is 622 g/mol. The van der Waals surface area contributed by atoms with Gasteiger partial charge in [-0.3, -0.25) is 4.79 Å². The number of amides is 1. The summed E-state index contributed by atoms with van der Waals surface area (Å²) in [5.41, 5.74) is 1.76. The van der Waals surface area contributed by atoms with Gasteiger partial charge < -0.3 is 9.47 Å². The second-order valence-corrected chi connectivity index (χ2v) is 12.8. The molecule has 0 unspecified atom stereocenters. The molecular formula is C32H38N4O5S2. The molecule has 3 aromatic carbocycles. The highest BCUT2D eigenvalue weighted by Crippen LogP contribution is 2.32. The van der Waals surface area contributed by atoms with Crippen LogP contribution in [-0.2, 0) is 10.0 Å². The van der Waals surface area contributed by atoms with Crippen molar-refractivity contribution in [1.82, 2.24) is 9.29 Å². The van der Waals surface area contributed by atoms with E-state index in [-0.39, 0.29) is 10.5 Å². The fourth-order valence-electron chi connectivity index (χ4n) is 4.30. The van der Waals surface area contributed by atoms with Gasteiger partial charge >= 0.3 is 0 Å². The van der Waals surface area contributed by atoms with Crippen LogP contribution in [0.2, 0.25) is 0 Å². The molecule has 4 rings (SSSR count). The SMILES string of the molecule is CCCCN(CCCC)S(=O)(=O)c1ccc(C(=O)N(/N=C/c2ccc(OCC)cc2)c2nc3ccc(OC)cc3s2)cc1. The fraction of sp³-hybridized carbons (Fsp3) is 0.344. The van der Waals surface area contributed by atoms with E-state index in [1.165, 1.54) is 40.6 Å². The Balaban J connectivity index is 1.66. The van der Waals surface area contributed by atoms with Crippen molar-refractivity contribution in [3.63, 3.8) is 0 Å². The van der Waals surface area contributed by atoms with Crippen LogP contribution in [0, 0.1) is 0 Å². The summed E-state index contributed by atoms with van der Waals surface area (Å²) in [6, 6.07) is 18.9. The molecule has 0 bridgehead atoms. The highest BCUT2D eigenvalue weighted by atomic mass is 32.2. The van der Waals surface area contributed by atoms with Gasteiger partial charge in [0, 0.05) is 18.7 Å². The Labute approximate surface area is 257 Å². The maximum absolute atomic E-state index is 13.9. The minimum atomic E-state index is -3.69. The van der Waals surface area contributed by atoms with Crippen molar-refractivity contribution in [2.45, 2.75) is 51.3 Å². The minimum absolute atomic E-state index is 0.160. The second kappa shape index (κ2) is 15.1. The van der Waals surface area contributed by atoms with Gasteiger partial charge in [0.1, 0.15) is 11.5 Å². The zero-order chi connectivity index (χ0) is 30.8. The number of nitrogens with zero attached hydrogens (tertiary/aromatic N) is 4. The quantitative estimate of drug-likeness (QED) is 0.105. The maximum Gasteiger partial charge on any atom is 0.280 e. The first-order chi connectivity index (χ1) is 20.8. The first-order valence-electron chi connectivity index (χ1n) is 14.5. The zero-order valence-electron chi connectivity index (χ0n) is 25.0. The van der Waals surface area contributed by atoms with Gasteiger partial charge in [-0.25, -0.2) is 13.4 Å². The van der Waals surface area contributed by atoms with Crippen molar-refractivity contribution in [2.75, 3.05) is 31.8 Å². The summed E-state index contributed by atoms with van der Waals surface area (Å²) >= 11 is 1.31. The van der Waals surface area contributed by atoms with Crippen molar-refractivity contribution in [3.8, 4) is 11.5 Å². The number of hydrazone groups is 1. The summed E-state index contributed by atoms with van der Waals surface area (Å²) in [6.07, 6.45) is 4.95. The van der Waals surface area contributed by atoms with E-state index in [2.05, 4.69) is 10.1 Å². The van der Waals surface area contributed by atoms with Gasteiger partial charge in [-0.1, -0.05) is 38.0 Å². The van der Waals surface area contributed by atoms with E-state index in [4.69, 9.17) is 9.47 Å². The predicted octanol–water partition coefficient (Wildman–Crippen LogP) is 6.98. The van der Waals surface area contributed by atoms with Gasteiger partial charge in [0.15, 0.2) is 0 Å². The van der Waals surface area contributed by atoms with Gasteiger partial charge in [0.05, 0.1) is 35.0 Å². The largest absolute Gasteiger partial charge is 0.497 e. The number of unbranched alkanes of at least 4 members (excludes halogenated alkanes) is 2. The molecule has 9 nitrogen and oxygen atoms in total. The molecular weight excluding hydrogens is 585 g/mol. The van der Waals surface area contributed by atoms with Crippen molar-refractivity contribution >= 4 is 48.8 Å². The van der Waals surface area contributed by atoms with E-state index in [1.54, 1.807) is 17.6 Å². The number of aromatic nitrogens is 1. The molecule has 0 saturated heterocycles. The fourth-order valence-corrected chi connectivity index (χ4v) is 6.77. The molecule has 1 aromatic heterocycles. The van der Waals surface area contributed by atoms with Crippen molar-refractivity contribution in [2.24, 2.45) is 5.10 Å². The molecule has 228 valence electrons. The summed E-state index contributed by atoms with van der Waals surface area (Å²) in [5, 5.41) is 6.14. The third-order valence-corrected chi connectivity index (χ3v) is 9.64. The number of thiazole rings is 1. The van der Waals surface area contributed by atoms with Crippen LogP contribution in [0.15, 0.2) is 76.7 Å². The Morgan fingerprint density at radius 3 is 2.19 bits per heavy atom. The number of hydrogen-bond acceptors (Lipinski definition) is 8. The molecule has 0 saturated carbocycles. The smallest absolute Gasteiger partial charge is 0.280 e. The Morgan fingerprint density at radius 1 is 0.930 bits per heavy atom. The summed E-state index contributed by atoms with van der Waals surface area (Å²) < 4.78 is 40.1. The van der Waals surface area contributed by atoms with Crippen LogP contribution in [0.3, 0.4) is 0 Å². The van der Waals surface area contributed by atoms with Crippen LogP contribution in [0.1, 0.15) is 62.4 Å². The van der Waals surface area contributed by atoms with Crippen LogP contribution < -0.4 is 14.5 Å². The summed E-state index contributed by atoms with van der Waals surface area (Å²) in [7, 11) is -2.10. The number of methoxy groups -OCH3 is 1. The third kappa shape index (κ3) is 7.98. The number of benzene rings is 3. The second-order valence-electron chi connectivity index (χ2n) is 9.83. The minimum Gasteiger partial charge on any atom is -0.497 e. The van der Waals surface area contributed by atoms with E-state index in [9.17, 15) is 13.2 Å². The van der Waals surface area contributed by atoms with Gasteiger partial charge in [0.2, 0.25) is 15.2 Å². The summed E-state index contributed by atoms with van der Waals surface area (Å²) in [6.45, 7) is 7.50. The summed E-state index contributed by atoms with van der Waals surface area (Å²) in [4.78, 5) is 18.7. The molecule has 0 radical (unpaired) electrons. The molecule has 1 heterocycles. The summed E-state index contributed by atoms with van der Waals surface area (Å²) in [5.74, 6) is 0.985. The molecule has 0 aliphatic heterocycles. The van der Waals surface area contributed by atoms with Crippen LogP contribution in [0.5, 0.6) is 11.5 Å². The number of sulfonamides is 1. The van der Waals surface area contributed by atoms with Gasteiger partial charge in [0.25, 0.3) is 5.91 Å². The van der Waals surface area contributed by atoms with Gasteiger partial charge in [-0.2, -0.15) is 14.4 Å². The standard InChI is InChI=1S/C32H38N4O5S2/c1-5-8-20-35(21-9-6-2)43(38,39)28-17-12-25(13-18-28)31(37)36(33-23-24-10-14-26(15-11-24)41-7-3)32-34-29-19-16-27(40-4)22-30(29)42-32/h10-19,22-23H,5-9,20-21H2,1-4H3/b33-23+. The van der Waals surface area contributed by atoms with E-state index < -0.39 is 15.9 Å². The number of fused-ring (bicyclic) bond motifs is 1. The Morgan fingerprint density at radius 2 is 1.58 bits per heavy atom. The molecule has 4 aromatic rings. The van der Waals surface area contributed by atoms with Crippen LogP contribution in [0.25, 0.3) is 10.2 Å². The number of hydrogen-bond donors (Lipinski definition) is 0. The first-order valence-corrected chi connectivity index (χ1v) is 16.7. The number of anilines is 1. The van der Waals surface area contributed by atoms with E-state index in [0.29, 0.717) is 36.1 Å². The van der Waals surface area contributed by atoms with E-state index in [1.807, 2.05) is 63.2 Å². The van der Waals surface area contributed by atoms with Crippen molar-refractivity contribution < 1.29 is 22.7 Å². The topological polar surface area (TPSA) is 101 Å². The average molecular weight is 623 g/mol. The third-order valence-electron chi connectivity index (χ3n) is 6.73. The van der Waals surface area contributed by atoms with E-state index >= 15 is 0 Å². The lowest BCUT2D eigenvalue weighted by atomic mass is 10.2. The molecule has 0 aliphatic carbocycles. The molecule has 1 amide bonds. The van der Waals surface area contributed by atoms with Crippen LogP contribution in [-0.4, -0.2) is 56.6 Å².